The number of hydrogen-bond donors (Lipinski definition) is 3. The van der Waals surface area contributed by atoms with E-state index in [4.69, 9.17) is 0 Å². The Morgan fingerprint density at radius 3 is 2.79 bits per heavy atom. The van der Waals surface area contributed by atoms with E-state index in [2.05, 4.69) is 26.6 Å². The highest BCUT2D eigenvalue weighted by Crippen LogP contribution is 2.23. The van der Waals surface area contributed by atoms with Crippen LogP contribution in [0.5, 0.6) is 0 Å². The average Bonchev–Trinajstić information content (AvgIpc) is 2.30. The van der Waals surface area contributed by atoms with Gasteiger partial charge >= 0.3 is 6.03 Å². The van der Waals surface area contributed by atoms with Gasteiger partial charge in [-0.25, -0.2) is 4.79 Å². The molecule has 4 nitrogen and oxygen atoms in total. The fourth-order valence-corrected chi connectivity index (χ4v) is 2.84. The second kappa shape index (κ2) is 7.17. The van der Waals surface area contributed by atoms with Crippen LogP contribution in [0.3, 0.4) is 0 Å². The summed E-state index contributed by atoms with van der Waals surface area (Å²) in [7, 11) is 0. The Morgan fingerprint density at radius 1 is 1.53 bits per heavy atom. The van der Waals surface area contributed by atoms with Crippen molar-refractivity contribution in [2.24, 2.45) is 0 Å². The summed E-state index contributed by atoms with van der Waals surface area (Å²) in [6.07, 6.45) is 1.91. The molecule has 0 heterocycles. The monoisotopic (exact) mass is 346 g/mol. The van der Waals surface area contributed by atoms with E-state index in [0.717, 1.165) is 10.0 Å². The van der Waals surface area contributed by atoms with Gasteiger partial charge in [0.2, 0.25) is 0 Å². The SMILES string of the molecule is CSC[C@](C)(O)CNC(=O)Nc1ccc(C)cc1Br. The van der Waals surface area contributed by atoms with Crippen molar-refractivity contribution >= 4 is 39.4 Å². The first-order valence-corrected chi connectivity index (χ1v) is 8.05. The number of urea groups is 1. The number of aliphatic hydroxyl groups is 1. The van der Waals surface area contributed by atoms with Crippen LogP contribution >= 0.6 is 27.7 Å². The number of hydrogen-bond acceptors (Lipinski definition) is 3. The molecule has 0 saturated heterocycles. The highest BCUT2D eigenvalue weighted by Gasteiger charge is 2.20. The zero-order chi connectivity index (χ0) is 14.5. The van der Waals surface area contributed by atoms with Crippen LogP contribution in [0.25, 0.3) is 0 Å². The van der Waals surface area contributed by atoms with Crippen LogP contribution < -0.4 is 10.6 Å². The van der Waals surface area contributed by atoms with E-state index in [1.807, 2.05) is 31.4 Å². The van der Waals surface area contributed by atoms with Crippen molar-refractivity contribution in [2.45, 2.75) is 19.4 Å². The largest absolute Gasteiger partial charge is 0.387 e. The van der Waals surface area contributed by atoms with Crippen molar-refractivity contribution in [1.82, 2.24) is 5.32 Å². The third kappa shape index (κ3) is 5.84. The first-order chi connectivity index (χ1) is 8.84. The Labute approximate surface area is 126 Å². The Balaban J connectivity index is 2.52. The lowest BCUT2D eigenvalue weighted by Crippen LogP contribution is -2.43. The van der Waals surface area contributed by atoms with E-state index in [-0.39, 0.29) is 12.6 Å². The molecule has 0 spiro atoms. The van der Waals surface area contributed by atoms with Gasteiger partial charge in [0.05, 0.1) is 11.3 Å². The lowest BCUT2D eigenvalue weighted by molar-refractivity contribution is 0.0876. The van der Waals surface area contributed by atoms with E-state index in [1.54, 1.807) is 6.92 Å². The van der Waals surface area contributed by atoms with Crippen LogP contribution in [-0.4, -0.2) is 35.3 Å². The molecule has 0 aliphatic carbocycles. The number of carbonyl (C=O) groups is 1. The van der Waals surface area contributed by atoms with Gasteiger partial charge in [-0.1, -0.05) is 6.07 Å². The van der Waals surface area contributed by atoms with Gasteiger partial charge in [-0.05, 0) is 53.7 Å². The predicted molar refractivity (Wildman–Crippen MR) is 84.9 cm³/mol. The van der Waals surface area contributed by atoms with Crippen molar-refractivity contribution in [1.29, 1.82) is 0 Å². The number of nitrogens with one attached hydrogen (secondary N) is 2. The van der Waals surface area contributed by atoms with Crippen LogP contribution in [-0.2, 0) is 0 Å². The van der Waals surface area contributed by atoms with Crippen LogP contribution in [0.15, 0.2) is 22.7 Å². The fourth-order valence-electron chi connectivity index (χ4n) is 1.52. The zero-order valence-electron chi connectivity index (χ0n) is 11.3. The van der Waals surface area contributed by atoms with Crippen molar-refractivity contribution in [3.8, 4) is 0 Å². The molecule has 0 fully saturated rings. The number of carbonyl (C=O) groups excluding carboxylic acids is 1. The van der Waals surface area contributed by atoms with E-state index in [1.165, 1.54) is 11.8 Å². The molecule has 0 aliphatic rings. The normalized spacial score (nSPS) is 13.7. The van der Waals surface area contributed by atoms with E-state index >= 15 is 0 Å². The Kier molecular flexibility index (Phi) is 6.16. The van der Waals surface area contributed by atoms with Gasteiger partial charge in [0.15, 0.2) is 0 Å². The van der Waals surface area contributed by atoms with Crippen molar-refractivity contribution in [3.63, 3.8) is 0 Å². The minimum absolute atomic E-state index is 0.211. The summed E-state index contributed by atoms with van der Waals surface area (Å²) in [5, 5.41) is 15.3. The lowest BCUT2D eigenvalue weighted by Gasteiger charge is -2.22. The molecule has 0 saturated carbocycles. The number of rotatable bonds is 5. The number of thioether (sulfide) groups is 1. The third-order valence-corrected chi connectivity index (χ3v) is 4.02. The lowest BCUT2D eigenvalue weighted by atomic mass is 10.1. The molecule has 106 valence electrons. The quantitative estimate of drug-likeness (QED) is 0.767. The second-order valence-corrected chi connectivity index (χ2v) is 6.44. The first-order valence-electron chi connectivity index (χ1n) is 5.86. The molecule has 0 radical (unpaired) electrons. The molecule has 3 N–H and O–H groups in total. The molecule has 0 bridgehead atoms. The van der Waals surface area contributed by atoms with Gasteiger partial charge in [-0.3, -0.25) is 0 Å². The average molecular weight is 347 g/mol. The standard InChI is InChI=1S/C13H19BrN2O2S/c1-9-4-5-11(10(14)6-9)16-12(17)15-7-13(2,18)8-19-3/h4-6,18H,7-8H2,1-3H3,(H2,15,16,17)/t13-/m1/s1. The maximum absolute atomic E-state index is 11.7. The molecule has 1 aromatic carbocycles. The van der Waals surface area contributed by atoms with E-state index in [0.29, 0.717) is 11.4 Å². The third-order valence-electron chi connectivity index (χ3n) is 2.46. The van der Waals surface area contributed by atoms with Crippen LogP contribution in [0.2, 0.25) is 0 Å². The number of anilines is 1. The number of aryl methyl sites for hydroxylation is 1. The van der Waals surface area contributed by atoms with Gasteiger partial charge in [-0.15, -0.1) is 0 Å². The Hall–Kier alpha value is -0.720. The summed E-state index contributed by atoms with van der Waals surface area (Å²) >= 11 is 4.93. The first kappa shape index (κ1) is 16.3. The van der Waals surface area contributed by atoms with Gasteiger partial charge in [0, 0.05) is 16.8 Å². The maximum Gasteiger partial charge on any atom is 0.319 e. The van der Waals surface area contributed by atoms with Crippen LogP contribution in [0, 0.1) is 6.92 Å². The van der Waals surface area contributed by atoms with E-state index in [9.17, 15) is 9.90 Å². The van der Waals surface area contributed by atoms with Gasteiger partial charge in [0.1, 0.15) is 0 Å². The summed E-state index contributed by atoms with van der Waals surface area (Å²) in [6.45, 7) is 3.89. The second-order valence-electron chi connectivity index (χ2n) is 4.72. The van der Waals surface area contributed by atoms with E-state index < -0.39 is 5.60 Å². The molecule has 1 atom stereocenters. The van der Waals surface area contributed by atoms with Gasteiger partial charge < -0.3 is 15.7 Å². The highest BCUT2D eigenvalue weighted by atomic mass is 79.9. The Bertz CT molecular complexity index is 452. The predicted octanol–water partition coefficient (Wildman–Crippen LogP) is 2.99. The molecular formula is C13H19BrN2O2S. The smallest absolute Gasteiger partial charge is 0.319 e. The molecule has 0 unspecified atom stereocenters. The Morgan fingerprint density at radius 2 is 2.21 bits per heavy atom. The minimum Gasteiger partial charge on any atom is -0.387 e. The molecule has 1 aromatic rings. The van der Waals surface area contributed by atoms with Crippen LogP contribution in [0.4, 0.5) is 10.5 Å². The van der Waals surface area contributed by atoms with Crippen molar-refractivity contribution < 1.29 is 9.90 Å². The number of amides is 2. The topological polar surface area (TPSA) is 61.4 Å². The summed E-state index contributed by atoms with van der Waals surface area (Å²) in [5.74, 6) is 0.571. The highest BCUT2D eigenvalue weighted by molar-refractivity contribution is 9.10. The molecule has 0 aliphatic heterocycles. The molecular weight excluding hydrogens is 328 g/mol. The van der Waals surface area contributed by atoms with Gasteiger partial charge in [-0.2, -0.15) is 11.8 Å². The molecule has 19 heavy (non-hydrogen) atoms. The maximum atomic E-state index is 11.7. The van der Waals surface area contributed by atoms with Gasteiger partial charge in [0.25, 0.3) is 0 Å². The number of halogens is 1. The zero-order valence-corrected chi connectivity index (χ0v) is 13.7. The molecule has 6 heteroatoms. The van der Waals surface area contributed by atoms with Crippen molar-refractivity contribution in [3.05, 3.63) is 28.2 Å². The molecule has 2 amide bonds. The molecule has 1 rings (SSSR count). The summed E-state index contributed by atoms with van der Waals surface area (Å²) in [6, 6.07) is 5.36. The fraction of sp³-hybridized carbons (Fsp3) is 0.462. The summed E-state index contributed by atoms with van der Waals surface area (Å²) in [5.41, 5.74) is 0.912. The summed E-state index contributed by atoms with van der Waals surface area (Å²) in [4.78, 5) is 11.7. The van der Waals surface area contributed by atoms with Crippen LogP contribution in [0.1, 0.15) is 12.5 Å². The molecule has 0 aromatic heterocycles. The van der Waals surface area contributed by atoms with Crippen molar-refractivity contribution in [2.75, 3.05) is 23.9 Å². The summed E-state index contributed by atoms with van der Waals surface area (Å²) < 4.78 is 0.832. The minimum atomic E-state index is -0.902. The number of benzene rings is 1.